The van der Waals surface area contributed by atoms with E-state index in [4.69, 9.17) is 4.84 Å². The number of oxime groups is 1. The average molecular weight is 318 g/mol. The molecule has 1 aliphatic carbocycles. The van der Waals surface area contributed by atoms with Gasteiger partial charge in [0.05, 0.1) is 11.6 Å². The molecule has 0 bridgehead atoms. The van der Waals surface area contributed by atoms with Crippen LogP contribution in [-0.4, -0.2) is 23.7 Å². The van der Waals surface area contributed by atoms with Crippen LogP contribution in [-0.2, 0) is 10.6 Å². The van der Waals surface area contributed by atoms with E-state index in [1.54, 1.807) is 0 Å². The van der Waals surface area contributed by atoms with Crippen LogP contribution >= 0.6 is 0 Å². The van der Waals surface area contributed by atoms with E-state index in [-0.39, 0.29) is 5.92 Å². The third kappa shape index (κ3) is 1.73. The Morgan fingerprint density at radius 3 is 2.50 bits per heavy atom. The van der Waals surface area contributed by atoms with Gasteiger partial charge in [-0.25, -0.2) is 0 Å². The summed E-state index contributed by atoms with van der Waals surface area (Å²) in [5.74, 6) is 0.665. The normalized spacial score (nSPS) is 31.5. The van der Waals surface area contributed by atoms with E-state index < -0.39 is 5.72 Å². The van der Waals surface area contributed by atoms with Gasteiger partial charge in [-0.2, -0.15) is 0 Å². The summed E-state index contributed by atoms with van der Waals surface area (Å²) in [4.78, 5) is 8.85. The molecule has 1 fully saturated rings. The number of fused-ring (bicyclic) bond motifs is 3. The van der Waals surface area contributed by atoms with E-state index in [9.17, 15) is 0 Å². The van der Waals surface area contributed by atoms with Crippen molar-refractivity contribution in [1.29, 1.82) is 0 Å². The van der Waals surface area contributed by atoms with Crippen molar-refractivity contribution in [2.75, 3.05) is 13.1 Å². The Morgan fingerprint density at radius 1 is 1.00 bits per heavy atom. The van der Waals surface area contributed by atoms with Crippen molar-refractivity contribution >= 4 is 5.71 Å². The van der Waals surface area contributed by atoms with Crippen LogP contribution in [0.3, 0.4) is 0 Å². The van der Waals surface area contributed by atoms with Gasteiger partial charge in [0.25, 0.3) is 0 Å². The molecular formula is C21H22N2O. The highest BCUT2D eigenvalue weighted by Crippen LogP contribution is 2.57. The molecule has 0 aromatic heterocycles. The lowest BCUT2D eigenvalue weighted by Gasteiger charge is -2.38. The molecule has 3 heteroatoms. The molecule has 0 spiro atoms. The Kier molecular flexibility index (Phi) is 3.07. The van der Waals surface area contributed by atoms with Crippen LogP contribution in [0.25, 0.3) is 0 Å². The monoisotopic (exact) mass is 318 g/mol. The van der Waals surface area contributed by atoms with Crippen LogP contribution in [0.5, 0.6) is 0 Å². The number of hydrogen-bond donors (Lipinski definition) is 0. The van der Waals surface area contributed by atoms with Gasteiger partial charge in [0, 0.05) is 18.7 Å². The van der Waals surface area contributed by atoms with Crippen LogP contribution in [0.1, 0.15) is 42.4 Å². The second-order valence-corrected chi connectivity index (χ2v) is 7.18. The quantitative estimate of drug-likeness (QED) is 0.832. The third-order valence-electron chi connectivity index (χ3n) is 5.98. The van der Waals surface area contributed by atoms with E-state index in [0.29, 0.717) is 5.92 Å². The fourth-order valence-electron chi connectivity index (χ4n) is 4.93. The highest BCUT2D eigenvalue weighted by molar-refractivity contribution is 6.04. The first-order valence-electron chi connectivity index (χ1n) is 8.98. The predicted molar refractivity (Wildman–Crippen MR) is 94.9 cm³/mol. The lowest BCUT2D eigenvalue weighted by molar-refractivity contribution is -0.156. The molecule has 5 rings (SSSR count). The number of hydrogen-bond acceptors (Lipinski definition) is 3. The van der Waals surface area contributed by atoms with Crippen LogP contribution in [0.15, 0.2) is 59.8 Å². The largest absolute Gasteiger partial charge is 0.367 e. The maximum Gasteiger partial charge on any atom is 0.226 e. The Hall–Kier alpha value is -2.13. The van der Waals surface area contributed by atoms with Crippen LogP contribution in [0.2, 0.25) is 0 Å². The molecule has 0 saturated carbocycles. The first kappa shape index (κ1) is 14.2. The molecule has 0 amide bonds. The van der Waals surface area contributed by atoms with Crippen LogP contribution in [0.4, 0.5) is 0 Å². The van der Waals surface area contributed by atoms with E-state index in [1.165, 1.54) is 29.5 Å². The van der Waals surface area contributed by atoms with Gasteiger partial charge < -0.3 is 4.84 Å². The van der Waals surface area contributed by atoms with E-state index in [1.807, 2.05) is 0 Å². The van der Waals surface area contributed by atoms with Crippen molar-refractivity contribution in [3.63, 3.8) is 0 Å². The second kappa shape index (κ2) is 5.18. The molecule has 0 radical (unpaired) electrons. The molecule has 0 unspecified atom stereocenters. The standard InChI is InChI=1S/C21H22N2O/c1-15-17-11-5-6-12-18(17)21(23-13-7-8-14-23)19(15)20(22-24-21)16-9-3-2-4-10-16/h2-6,9-12,15,19H,7-8,13-14H2,1H3/t15-,19-,21-/m0/s1. The predicted octanol–water partition coefficient (Wildman–Crippen LogP) is 4.10. The molecule has 0 N–H and O–H groups in total. The van der Waals surface area contributed by atoms with Crippen LogP contribution < -0.4 is 0 Å². The summed E-state index contributed by atoms with van der Waals surface area (Å²) in [5, 5.41) is 4.63. The third-order valence-corrected chi connectivity index (χ3v) is 5.98. The number of likely N-dealkylation sites (tertiary alicyclic amines) is 1. The minimum atomic E-state index is -0.405. The van der Waals surface area contributed by atoms with Gasteiger partial charge in [0.1, 0.15) is 0 Å². The molecule has 2 heterocycles. The fraction of sp³-hybridized carbons (Fsp3) is 0.381. The first-order chi connectivity index (χ1) is 11.8. The molecular weight excluding hydrogens is 296 g/mol. The molecule has 3 atom stereocenters. The van der Waals surface area contributed by atoms with Gasteiger partial charge in [-0.05, 0) is 29.9 Å². The van der Waals surface area contributed by atoms with Crippen molar-refractivity contribution in [2.24, 2.45) is 11.1 Å². The fourth-order valence-corrected chi connectivity index (χ4v) is 4.93. The summed E-state index contributed by atoms with van der Waals surface area (Å²) in [7, 11) is 0. The van der Waals surface area contributed by atoms with Gasteiger partial charge in [0.2, 0.25) is 5.72 Å². The van der Waals surface area contributed by atoms with Crippen molar-refractivity contribution in [3.05, 3.63) is 71.3 Å². The van der Waals surface area contributed by atoms with Crippen LogP contribution in [0, 0.1) is 5.92 Å². The van der Waals surface area contributed by atoms with Crippen molar-refractivity contribution in [3.8, 4) is 0 Å². The second-order valence-electron chi connectivity index (χ2n) is 7.18. The highest BCUT2D eigenvalue weighted by Gasteiger charge is 2.62. The minimum Gasteiger partial charge on any atom is -0.367 e. The lowest BCUT2D eigenvalue weighted by Crippen LogP contribution is -2.49. The number of rotatable bonds is 2. The summed E-state index contributed by atoms with van der Waals surface area (Å²) in [6.45, 7) is 4.51. The molecule has 2 aromatic rings. The van der Waals surface area contributed by atoms with E-state index in [2.05, 4.69) is 71.6 Å². The molecule has 24 heavy (non-hydrogen) atoms. The zero-order valence-electron chi connectivity index (χ0n) is 14.0. The topological polar surface area (TPSA) is 24.8 Å². The molecule has 1 saturated heterocycles. The molecule has 2 aromatic carbocycles. The Morgan fingerprint density at radius 2 is 1.71 bits per heavy atom. The molecule has 3 nitrogen and oxygen atoms in total. The highest BCUT2D eigenvalue weighted by atomic mass is 16.7. The Balaban J connectivity index is 1.68. The minimum absolute atomic E-state index is 0.260. The van der Waals surface area contributed by atoms with E-state index in [0.717, 1.165) is 18.8 Å². The molecule has 2 aliphatic heterocycles. The van der Waals surface area contributed by atoms with Gasteiger partial charge in [0.15, 0.2) is 0 Å². The summed E-state index contributed by atoms with van der Waals surface area (Å²) in [5.41, 5.74) is 4.61. The zero-order chi connectivity index (χ0) is 16.1. The lowest BCUT2D eigenvalue weighted by atomic mass is 9.82. The summed E-state index contributed by atoms with van der Waals surface area (Å²) in [6, 6.07) is 19.3. The van der Waals surface area contributed by atoms with Gasteiger partial charge in [-0.3, -0.25) is 4.90 Å². The van der Waals surface area contributed by atoms with Gasteiger partial charge >= 0.3 is 0 Å². The molecule has 122 valence electrons. The maximum absolute atomic E-state index is 6.33. The Labute approximate surface area is 142 Å². The van der Waals surface area contributed by atoms with Crippen molar-refractivity contribution in [1.82, 2.24) is 4.90 Å². The molecule has 3 aliphatic rings. The Bertz CT molecular complexity index is 794. The average Bonchev–Trinajstić information content (AvgIpc) is 3.33. The number of nitrogens with zero attached hydrogens (tertiary/aromatic N) is 2. The SMILES string of the molecule is C[C@H]1c2ccccc2[C@]2(N3CCCC3)ON=C(c3ccccc3)[C@H]12. The van der Waals surface area contributed by atoms with Crippen molar-refractivity contribution < 1.29 is 4.84 Å². The summed E-state index contributed by atoms with van der Waals surface area (Å²) >= 11 is 0. The first-order valence-corrected chi connectivity index (χ1v) is 8.98. The zero-order valence-corrected chi connectivity index (χ0v) is 14.0. The maximum atomic E-state index is 6.33. The summed E-state index contributed by atoms with van der Waals surface area (Å²) < 4.78 is 0. The van der Waals surface area contributed by atoms with Crippen molar-refractivity contribution in [2.45, 2.75) is 31.4 Å². The number of benzene rings is 2. The smallest absolute Gasteiger partial charge is 0.226 e. The van der Waals surface area contributed by atoms with E-state index >= 15 is 0 Å². The van der Waals surface area contributed by atoms with Gasteiger partial charge in [-0.1, -0.05) is 66.7 Å². The summed E-state index contributed by atoms with van der Waals surface area (Å²) in [6.07, 6.45) is 2.49. The van der Waals surface area contributed by atoms with Gasteiger partial charge in [-0.15, -0.1) is 0 Å².